The summed E-state index contributed by atoms with van der Waals surface area (Å²) in [6.45, 7) is 3.62. The van der Waals surface area contributed by atoms with Gasteiger partial charge in [-0.25, -0.2) is 4.39 Å². The van der Waals surface area contributed by atoms with Crippen molar-refractivity contribution in [2.75, 3.05) is 26.7 Å². The maximum absolute atomic E-state index is 14.1. The van der Waals surface area contributed by atoms with Crippen LogP contribution in [0.5, 0.6) is 0 Å². The summed E-state index contributed by atoms with van der Waals surface area (Å²) in [4.78, 5) is 16.3. The quantitative estimate of drug-likeness (QED) is 0.871. The fraction of sp³-hybridized carbons (Fsp3) is 0.412. The molecule has 0 aliphatic carbocycles. The van der Waals surface area contributed by atoms with Crippen molar-refractivity contribution in [2.45, 2.75) is 19.4 Å². The second kappa shape index (κ2) is 6.50. The van der Waals surface area contributed by atoms with Crippen LogP contribution in [0, 0.1) is 12.7 Å². The predicted molar refractivity (Wildman–Crippen MR) is 83.3 cm³/mol. The van der Waals surface area contributed by atoms with E-state index in [0.717, 1.165) is 0 Å². The smallest absolute Gasteiger partial charge is 0.228 e. The van der Waals surface area contributed by atoms with Gasteiger partial charge in [0.1, 0.15) is 11.6 Å². The van der Waals surface area contributed by atoms with Crippen LogP contribution in [0.15, 0.2) is 34.9 Å². The Balaban J connectivity index is 1.72. The lowest BCUT2D eigenvalue weighted by Gasteiger charge is -2.39. The highest BCUT2D eigenvalue weighted by Gasteiger charge is 2.30. The molecule has 0 saturated carbocycles. The number of piperazine rings is 1. The van der Waals surface area contributed by atoms with Crippen LogP contribution in [0.3, 0.4) is 0 Å². The Labute approximate surface area is 134 Å². The molecule has 6 heteroatoms. The first-order valence-electron chi connectivity index (χ1n) is 7.69. The van der Waals surface area contributed by atoms with Crippen molar-refractivity contribution in [1.29, 1.82) is 0 Å². The van der Waals surface area contributed by atoms with Gasteiger partial charge in [-0.3, -0.25) is 9.69 Å². The van der Waals surface area contributed by atoms with E-state index in [4.69, 9.17) is 4.52 Å². The van der Waals surface area contributed by atoms with E-state index in [9.17, 15) is 9.18 Å². The summed E-state index contributed by atoms with van der Waals surface area (Å²) < 4.78 is 19.1. The molecule has 2 aromatic rings. The maximum Gasteiger partial charge on any atom is 0.228 e. The first kappa shape index (κ1) is 15.7. The van der Waals surface area contributed by atoms with E-state index < -0.39 is 0 Å². The van der Waals surface area contributed by atoms with E-state index in [1.807, 2.05) is 13.1 Å². The zero-order valence-electron chi connectivity index (χ0n) is 13.3. The number of amides is 1. The van der Waals surface area contributed by atoms with Gasteiger partial charge in [0.2, 0.25) is 5.91 Å². The molecule has 1 fully saturated rings. The normalized spacial score (nSPS) is 19.1. The van der Waals surface area contributed by atoms with E-state index in [0.29, 0.717) is 36.7 Å². The molecule has 1 saturated heterocycles. The predicted octanol–water partition coefficient (Wildman–Crippen LogP) is 2.18. The van der Waals surface area contributed by atoms with Crippen LogP contribution in [-0.4, -0.2) is 47.5 Å². The fourth-order valence-electron chi connectivity index (χ4n) is 2.95. The molecule has 0 N–H and O–H groups in total. The fourth-order valence-corrected chi connectivity index (χ4v) is 2.95. The Hall–Kier alpha value is -2.21. The Kier molecular flexibility index (Phi) is 4.43. The number of hydrogen-bond donors (Lipinski definition) is 0. The second-order valence-corrected chi connectivity index (χ2v) is 5.96. The van der Waals surface area contributed by atoms with Crippen molar-refractivity contribution in [2.24, 2.45) is 0 Å². The molecule has 0 radical (unpaired) electrons. The van der Waals surface area contributed by atoms with Crippen LogP contribution in [-0.2, 0) is 11.2 Å². The highest BCUT2D eigenvalue weighted by atomic mass is 19.1. The second-order valence-electron chi connectivity index (χ2n) is 5.96. The molecular formula is C17H20FN3O2. The molecule has 1 atom stereocenters. The van der Waals surface area contributed by atoms with Crippen LogP contribution in [0.1, 0.15) is 23.1 Å². The first-order valence-corrected chi connectivity index (χ1v) is 7.69. The number of rotatable bonds is 3. The minimum atomic E-state index is -0.231. The molecule has 1 aromatic carbocycles. The highest BCUT2D eigenvalue weighted by molar-refractivity contribution is 5.78. The topological polar surface area (TPSA) is 49.6 Å². The number of aromatic nitrogens is 1. The zero-order valence-corrected chi connectivity index (χ0v) is 13.3. The molecule has 1 aliphatic rings. The molecule has 1 aliphatic heterocycles. The van der Waals surface area contributed by atoms with Crippen LogP contribution in [0.4, 0.5) is 4.39 Å². The van der Waals surface area contributed by atoms with Crippen LogP contribution < -0.4 is 0 Å². The maximum atomic E-state index is 14.1. The van der Waals surface area contributed by atoms with Crippen LogP contribution >= 0.6 is 0 Å². The lowest BCUT2D eigenvalue weighted by molar-refractivity contribution is -0.133. The third kappa shape index (κ3) is 3.42. The van der Waals surface area contributed by atoms with Crippen LogP contribution in [0.25, 0.3) is 0 Å². The zero-order chi connectivity index (χ0) is 16.4. The standard InChI is InChI=1S/C17H20FN3O2/c1-12-9-13(19-23-12)10-17(22)21-8-7-20(2)16(11-21)14-5-3-4-6-15(14)18/h3-6,9,16H,7-8,10-11H2,1-2H3. The van der Waals surface area contributed by atoms with Gasteiger partial charge < -0.3 is 9.42 Å². The summed E-state index contributed by atoms with van der Waals surface area (Å²) in [5.74, 6) is 0.453. The molecule has 1 amide bonds. The summed E-state index contributed by atoms with van der Waals surface area (Å²) in [6.07, 6.45) is 0.213. The van der Waals surface area contributed by atoms with Crippen molar-refractivity contribution in [1.82, 2.24) is 15.0 Å². The summed E-state index contributed by atoms with van der Waals surface area (Å²) in [6, 6.07) is 8.38. The number of benzene rings is 1. The van der Waals surface area contributed by atoms with Crippen molar-refractivity contribution in [3.8, 4) is 0 Å². The monoisotopic (exact) mass is 317 g/mol. The van der Waals surface area contributed by atoms with E-state index in [-0.39, 0.29) is 24.2 Å². The molecule has 5 nitrogen and oxygen atoms in total. The summed E-state index contributed by atoms with van der Waals surface area (Å²) in [5.41, 5.74) is 1.26. The van der Waals surface area contributed by atoms with Gasteiger partial charge in [0.25, 0.3) is 0 Å². The lowest BCUT2D eigenvalue weighted by Crippen LogP contribution is -2.49. The average Bonchev–Trinajstić information content (AvgIpc) is 2.93. The summed E-state index contributed by atoms with van der Waals surface area (Å²) in [5, 5.41) is 3.86. The molecule has 1 unspecified atom stereocenters. The number of carbonyl (C=O) groups is 1. The largest absolute Gasteiger partial charge is 0.361 e. The average molecular weight is 317 g/mol. The Morgan fingerprint density at radius 2 is 2.17 bits per heavy atom. The Bertz CT molecular complexity index is 701. The van der Waals surface area contributed by atoms with Crippen LogP contribution in [0.2, 0.25) is 0 Å². The van der Waals surface area contributed by atoms with Gasteiger partial charge in [0, 0.05) is 31.3 Å². The highest BCUT2D eigenvalue weighted by Crippen LogP contribution is 2.26. The van der Waals surface area contributed by atoms with Gasteiger partial charge in [0.05, 0.1) is 18.2 Å². The van der Waals surface area contributed by atoms with Gasteiger partial charge in [-0.2, -0.15) is 0 Å². The molecule has 3 rings (SSSR count). The molecule has 2 heterocycles. The van der Waals surface area contributed by atoms with Crippen molar-refractivity contribution in [3.05, 3.63) is 53.2 Å². The molecule has 122 valence electrons. The molecule has 0 bridgehead atoms. The van der Waals surface area contributed by atoms with E-state index in [2.05, 4.69) is 10.1 Å². The van der Waals surface area contributed by atoms with E-state index in [1.165, 1.54) is 6.07 Å². The number of carbonyl (C=O) groups excluding carboxylic acids is 1. The third-order valence-electron chi connectivity index (χ3n) is 4.27. The van der Waals surface area contributed by atoms with Gasteiger partial charge >= 0.3 is 0 Å². The Morgan fingerprint density at radius 1 is 1.39 bits per heavy atom. The minimum absolute atomic E-state index is 0.00672. The molecule has 0 spiro atoms. The number of likely N-dealkylation sites (N-methyl/N-ethyl adjacent to an activating group) is 1. The number of halogens is 1. The number of aryl methyl sites for hydroxylation is 1. The van der Waals surface area contributed by atoms with E-state index >= 15 is 0 Å². The van der Waals surface area contributed by atoms with Crippen molar-refractivity contribution >= 4 is 5.91 Å². The molecule has 1 aromatic heterocycles. The summed E-state index contributed by atoms with van der Waals surface area (Å²) in [7, 11) is 1.96. The minimum Gasteiger partial charge on any atom is -0.361 e. The van der Waals surface area contributed by atoms with Crippen molar-refractivity contribution in [3.63, 3.8) is 0 Å². The SMILES string of the molecule is Cc1cc(CC(=O)N2CCN(C)C(c3ccccc3F)C2)no1. The van der Waals surface area contributed by atoms with Gasteiger partial charge in [-0.1, -0.05) is 23.4 Å². The molecule has 23 heavy (non-hydrogen) atoms. The lowest BCUT2D eigenvalue weighted by atomic mass is 10.0. The number of hydrogen-bond acceptors (Lipinski definition) is 4. The van der Waals surface area contributed by atoms with Gasteiger partial charge in [-0.05, 0) is 20.0 Å². The van der Waals surface area contributed by atoms with E-state index in [1.54, 1.807) is 30.0 Å². The summed E-state index contributed by atoms with van der Waals surface area (Å²) >= 11 is 0. The Morgan fingerprint density at radius 3 is 2.87 bits per heavy atom. The van der Waals surface area contributed by atoms with Gasteiger partial charge in [-0.15, -0.1) is 0 Å². The first-order chi connectivity index (χ1) is 11.0. The van der Waals surface area contributed by atoms with Gasteiger partial charge in [0.15, 0.2) is 0 Å². The third-order valence-corrected chi connectivity index (χ3v) is 4.27. The van der Waals surface area contributed by atoms with Crippen molar-refractivity contribution < 1.29 is 13.7 Å². The number of nitrogens with zero attached hydrogens (tertiary/aromatic N) is 3. The molecular weight excluding hydrogens is 297 g/mol.